The number of aromatic hydroxyl groups is 2. The van der Waals surface area contributed by atoms with Gasteiger partial charge >= 0.3 is 5.97 Å². The Hall–Kier alpha value is -1.75. The summed E-state index contributed by atoms with van der Waals surface area (Å²) in [5.41, 5.74) is 0.968. The van der Waals surface area contributed by atoms with Gasteiger partial charge in [0.2, 0.25) is 0 Å². The van der Waals surface area contributed by atoms with Crippen LogP contribution >= 0.6 is 0 Å². The van der Waals surface area contributed by atoms with Crippen molar-refractivity contribution in [2.24, 2.45) is 11.3 Å². The van der Waals surface area contributed by atoms with Crippen LogP contribution in [0.25, 0.3) is 0 Å². The van der Waals surface area contributed by atoms with Gasteiger partial charge in [0.25, 0.3) is 0 Å². The molecule has 0 radical (unpaired) electrons. The van der Waals surface area contributed by atoms with Gasteiger partial charge in [0.05, 0.1) is 0 Å². The average Bonchev–Trinajstić information content (AvgIpc) is 2.81. The van der Waals surface area contributed by atoms with E-state index in [2.05, 4.69) is 13.8 Å². The molecule has 1 aromatic carbocycles. The van der Waals surface area contributed by atoms with Crippen molar-refractivity contribution in [3.8, 4) is 11.5 Å². The molecule has 0 spiro atoms. The minimum atomic E-state index is -0.895. The number of benzene rings is 1. The van der Waals surface area contributed by atoms with Gasteiger partial charge in [-0.15, -0.1) is 0 Å². The van der Waals surface area contributed by atoms with Gasteiger partial charge in [0.1, 0.15) is 17.6 Å². The van der Waals surface area contributed by atoms with Crippen LogP contribution in [-0.2, 0) is 19.7 Å². The highest BCUT2D eigenvalue weighted by molar-refractivity contribution is 5.90. The fourth-order valence-corrected chi connectivity index (χ4v) is 5.94. The SMILES string of the molecule is COC1c2cc(C(C)C)c(O)c(O)c2[C@@]23CCCC(C)(C)[C@@H]2C1OC3=O. The van der Waals surface area contributed by atoms with Crippen molar-refractivity contribution in [3.63, 3.8) is 0 Å². The minimum absolute atomic E-state index is 0.0380. The zero-order valence-corrected chi connectivity index (χ0v) is 16.1. The molecule has 142 valence electrons. The molecule has 1 saturated carbocycles. The lowest BCUT2D eigenvalue weighted by atomic mass is 9.49. The number of hydrogen-bond acceptors (Lipinski definition) is 5. The topological polar surface area (TPSA) is 76.0 Å². The van der Waals surface area contributed by atoms with Gasteiger partial charge in [0, 0.05) is 24.2 Å². The maximum atomic E-state index is 13.1. The molecule has 1 heterocycles. The number of methoxy groups -OCH3 is 1. The first-order valence-electron chi connectivity index (χ1n) is 9.50. The van der Waals surface area contributed by atoms with Gasteiger partial charge in [0.15, 0.2) is 11.5 Å². The van der Waals surface area contributed by atoms with Crippen LogP contribution < -0.4 is 0 Å². The molecule has 1 aliphatic heterocycles. The Morgan fingerprint density at radius 3 is 2.54 bits per heavy atom. The third kappa shape index (κ3) is 1.92. The van der Waals surface area contributed by atoms with E-state index in [9.17, 15) is 15.0 Å². The molecule has 2 bridgehead atoms. The number of carbonyl (C=O) groups is 1. The molecule has 0 amide bonds. The van der Waals surface area contributed by atoms with Crippen LogP contribution in [0, 0.1) is 11.3 Å². The molecule has 26 heavy (non-hydrogen) atoms. The summed E-state index contributed by atoms with van der Waals surface area (Å²) in [5, 5.41) is 21.7. The molecule has 2 N–H and O–H groups in total. The fraction of sp³-hybridized carbons (Fsp3) is 0.667. The van der Waals surface area contributed by atoms with E-state index in [0.29, 0.717) is 17.5 Å². The van der Waals surface area contributed by atoms with Crippen LogP contribution in [0.3, 0.4) is 0 Å². The van der Waals surface area contributed by atoms with Crippen LogP contribution in [0.2, 0.25) is 0 Å². The lowest BCUT2D eigenvalue weighted by Crippen LogP contribution is -2.54. The van der Waals surface area contributed by atoms with Gasteiger partial charge in [-0.2, -0.15) is 0 Å². The predicted octanol–water partition coefficient (Wildman–Crippen LogP) is 3.91. The van der Waals surface area contributed by atoms with Crippen LogP contribution in [0.1, 0.15) is 75.7 Å². The Balaban J connectivity index is 2.08. The molecule has 4 rings (SSSR count). The summed E-state index contributed by atoms with van der Waals surface area (Å²) >= 11 is 0. The first-order chi connectivity index (χ1) is 12.2. The molecule has 5 heteroatoms. The zero-order valence-electron chi connectivity index (χ0n) is 16.1. The van der Waals surface area contributed by atoms with E-state index in [-0.39, 0.29) is 40.8 Å². The second kappa shape index (κ2) is 5.38. The summed E-state index contributed by atoms with van der Waals surface area (Å²) in [7, 11) is 1.61. The highest BCUT2D eigenvalue weighted by Gasteiger charge is 2.70. The third-order valence-electron chi connectivity index (χ3n) is 6.96. The summed E-state index contributed by atoms with van der Waals surface area (Å²) in [6.45, 7) is 8.26. The lowest BCUT2D eigenvalue weighted by molar-refractivity contribution is -0.149. The molecule has 4 atom stereocenters. The molecular formula is C21H28O5. The molecule has 5 nitrogen and oxygen atoms in total. The number of carbonyl (C=O) groups excluding carboxylic acids is 1. The van der Waals surface area contributed by atoms with E-state index in [4.69, 9.17) is 9.47 Å². The maximum absolute atomic E-state index is 13.1. The first-order valence-corrected chi connectivity index (χ1v) is 9.50. The maximum Gasteiger partial charge on any atom is 0.317 e. The molecule has 3 aliphatic rings. The second-order valence-corrected chi connectivity index (χ2v) is 9.10. The molecule has 1 aromatic rings. The first kappa shape index (κ1) is 17.7. The Morgan fingerprint density at radius 2 is 1.92 bits per heavy atom. The molecule has 0 aromatic heterocycles. The van der Waals surface area contributed by atoms with Crippen LogP contribution in [0.4, 0.5) is 0 Å². The van der Waals surface area contributed by atoms with Gasteiger partial charge < -0.3 is 19.7 Å². The molecular weight excluding hydrogens is 332 g/mol. The van der Waals surface area contributed by atoms with E-state index in [1.54, 1.807) is 7.11 Å². The molecule has 2 fully saturated rings. The number of ether oxygens (including phenoxy) is 2. The monoisotopic (exact) mass is 360 g/mol. The van der Waals surface area contributed by atoms with Crippen LogP contribution in [-0.4, -0.2) is 29.4 Å². The van der Waals surface area contributed by atoms with E-state index in [0.717, 1.165) is 18.4 Å². The minimum Gasteiger partial charge on any atom is -0.504 e. The van der Waals surface area contributed by atoms with Crippen molar-refractivity contribution in [3.05, 3.63) is 22.8 Å². The van der Waals surface area contributed by atoms with Crippen molar-refractivity contribution in [2.75, 3.05) is 7.11 Å². The number of fused-ring (bicyclic) bond motifs is 1. The molecule has 2 unspecified atom stereocenters. The predicted molar refractivity (Wildman–Crippen MR) is 96.3 cm³/mol. The summed E-state index contributed by atoms with van der Waals surface area (Å²) < 4.78 is 11.7. The Kier molecular flexibility index (Phi) is 3.65. The highest BCUT2D eigenvalue weighted by atomic mass is 16.6. The molecule has 2 aliphatic carbocycles. The summed E-state index contributed by atoms with van der Waals surface area (Å²) in [6, 6.07) is 1.90. The Bertz CT molecular complexity index is 781. The summed E-state index contributed by atoms with van der Waals surface area (Å²) in [4.78, 5) is 13.1. The Morgan fingerprint density at radius 1 is 1.23 bits per heavy atom. The third-order valence-corrected chi connectivity index (χ3v) is 6.96. The highest BCUT2D eigenvalue weighted by Crippen LogP contribution is 2.67. The number of hydrogen-bond donors (Lipinski definition) is 2. The zero-order chi connectivity index (χ0) is 19.0. The van der Waals surface area contributed by atoms with Gasteiger partial charge in [-0.1, -0.05) is 34.1 Å². The van der Waals surface area contributed by atoms with Crippen molar-refractivity contribution >= 4 is 5.97 Å². The smallest absolute Gasteiger partial charge is 0.317 e. The fourth-order valence-electron chi connectivity index (χ4n) is 5.94. The standard InChI is InChI=1S/C21H28O5/c1-10(2)11-9-12-13(15(23)14(11)22)21-8-6-7-20(3,4)18(21)17(16(12)25-5)26-19(21)24/h9-10,16-18,22-23H,6-8H2,1-5H3/t16?,17?,18-,21-/m0/s1. The van der Waals surface area contributed by atoms with Crippen molar-refractivity contribution < 1.29 is 24.5 Å². The lowest BCUT2D eigenvalue weighted by Gasteiger charge is -2.52. The number of phenols is 2. The van der Waals surface area contributed by atoms with E-state index < -0.39 is 11.5 Å². The van der Waals surface area contributed by atoms with E-state index >= 15 is 0 Å². The average molecular weight is 360 g/mol. The van der Waals surface area contributed by atoms with Gasteiger partial charge in [-0.3, -0.25) is 4.79 Å². The number of phenolic OH excluding ortho intramolecular Hbond substituents is 2. The van der Waals surface area contributed by atoms with Crippen LogP contribution in [0.5, 0.6) is 11.5 Å². The summed E-state index contributed by atoms with van der Waals surface area (Å²) in [5.74, 6) is -0.621. The van der Waals surface area contributed by atoms with Crippen LogP contribution in [0.15, 0.2) is 6.07 Å². The van der Waals surface area contributed by atoms with E-state index in [1.165, 1.54) is 0 Å². The van der Waals surface area contributed by atoms with Crippen molar-refractivity contribution in [2.45, 2.75) is 70.5 Å². The molecule has 1 saturated heterocycles. The number of esters is 1. The van der Waals surface area contributed by atoms with E-state index in [1.807, 2.05) is 19.9 Å². The largest absolute Gasteiger partial charge is 0.504 e. The Labute approximate surface area is 154 Å². The summed E-state index contributed by atoms with van der Waals surface area (Å²) in [6.07, 6.45) is 1.72. The number of rotatable bonds is 2. The van der Waals surface area contributed by atoms with Gasteiger partial charge in [-0.05, 0) is 35.8 Å². The quantitative estimate of drug-likeness (QED) is 0.618. The normalized spacial score (nSPS) is 34.4. The second-order valence-electron chi connectivity index (χ2n) is 9.10. The van der Waals surface area contributed by atoms with Crippen molar-refractivity contribution in [1.82, 2.24) is 0 Å². The van der Waals surface area contributed by atoms with Crippen molar-refractivity contribution in [1.29, 1.82) is 0 Å². The van der Waals surface area contributed by atoms with Gasteiger partial charge in [-0.25, -0.2) is 0 Å².